The zero-order valence-electron chi connectivity index (χ0n) is 14.1. The summed E-state index contributed by atoms with van der Waals surface area (Å²) in [6, 6.07) is 12.5. The van der Waals surface area contributed by atoms with Crippen molar-refractivity contribution in [2.24, 2.45) is 0 Å². The van der Waals surface area contributed by atoms with E-state index in [1.54, 1.807) is 11.0 Å². The summed E-state index contributed by atoms with van der Waals surface area (Å²) in [6.07, 6.45) is -3.75. The Balaban J connectivity index is 1.91. The van der Waals surface area contributed by atoms with Crippen LogP contribution in [0, 0.1) is 0 Å². The van der Waals surface area contributed by atoms with E-state index in [1.807, 2.05) is 24.3 Å². The third kappa shape index (κ3) is 2.66. The highest BCUT2D eigenvalue weighted by atomic mass is 19.4. The Morgan fingerprint density at radius 2 is 1.92 bits per heavy atom. The molecule has 0 saturated heterocycles. The zero-order valence-corrected chi connectivity index (χ0v) is 14.1. The number of hydrogen-bond acceptors (Lipinski definition) is 1. The van der Waals surface area contributed by atoms with Crippen molar-refractivity contribution in [3.8, 4) is 0 Å². The van der Waals surface area contributed by atoms with Gasteiger partial charge in [-0.2, -0.15) is 13.2 Å². The van der Waals surface area contributed by atoms with Crippen molar-refractivity contribution in [1.82, 2.24) is 9.88 Å². The molecular weight excluding hydrogens is 341 g/mol. The predicted octanol–water partition coefficient (Wildman–Crippen LogP) is 4.68. The first-order valence-electron chi connectivity index (χ1n) is 8.40. The van der Waals surface area contributed by atoms with Crippen LogP contribution in [0.4, 0.5) is 13.2 Å². The molecule has 1 aliphatic heterocycles. The Kier molecular flexibility index (Phi) is 3.79. The molecule has 1 aromatic heterocycles. The third-order valence-electron chi connectivity index (χ3n) is 4.97. The summed E-state index contributed by atoms with van der Waals surface area (Å²) in [4.78, 5) is 17.1. The number of para-hydroxylation sites is 1. The van der Waals surface area contributed by atoms with Crippen molar-refractivity contribution in [3.63, 3.8) is 0 Å². The summed E-state index contributed by atoms with van der Waals surface area (Å²) in [6.45, 7) is 1.93. The lowest BCUT2D eigenvalue weighted by Gasteiger charge is -2.35. The molecule has 3 nitrogen and oxygen atoms in total. The van der Waals surface area contributed by atoms with Crippen molar-refractivity contribution in [2.45, 2.75) is 25.6 Å². The van der Waals surface area contributed by atoms with Gasteiger partial charge in [0.05, 0.1) is 11.6 Å². The maximum atomic E-state index is 13.2. The molecule has 4 rings (SSSR count). The Hall–Kier alpha value is -2.76. The van der Waals surface area contributed by atoms with E-state index in [1.165, 1.54) is 13.0 Å². The average molecular weight is 358 g/mol. The SMILES string of the molecule is CC(=O)N1CCc2c([nH]c3ccccc23)C1c1cccc(C(F)(F)F)c1. The van der Waals surface area contributed by atoms with Crippen LogP contribution >= 0.6 is 0 Å². The van der Waals surface area contributed by atoms with Crippen molar-refractivity contribution < 1.29 is 18.0 Å². The number of carbonyl (C=O) groups is 1. The third-order valence-corrected chi connectivity index (χ3v) is 4.97. The van der Waals surface area contributed by atoms with Crippen molar-refractivity contribution in [2.75, 3.05) is 6.54 Å². The van der Waals surface area contributed by atoms with Crippen LogP contribution in [0.5, 0.6) is 0 Å². The number of nitrogens with one attached hydrogen (secondary N) is 1. The van der Waals surface area contributed by atoms with Crippen molar-refractivity contribution >= 4 is 16.8 Å². The maximum Gasteiger partial charge on any atom is 0.416 e. The maximum absolute atomic E-state index is 13.2. The molecule has 0 saturated carbocycles. The molecule has 2 heterocycles. The second-order valence-corrected chi connectivity index (χ2v) is 6.55. The molecule has 134 valence electrons. The van der Waals surface area contributed by atoms with Crippen LogP contribution in [0.15, 0.2) is 48.5 Å². The van der Waals surface area contributed by atoms with E-state index in [9.17, 15) is 18.0 Å². The summed E-state index contributed by atoms with van der Waals surface area (Å²) in [5, 5.41) is 1.06. The van der Waals surface area contributed by atoms with Gasteiger partial charge in [0.2, 0.25) is 5.91 Å². The van der Waals surface area contributed by atoms with Crippen LogP contribution in [0.2, 0.25) is 0 Å². The summed E-state index contributed by atoms with van der Waals surface area (Å²) >= 11 is 0. The second kappa shape index (κ2) is 5.90. The molecule has 1 unspecified atom stereocenters. The minimum atomic E-state index is -4.42. The molecule has 26 heavy (non-hydrogen) atoms. The van der Waals surface area contributed by atoms with Crippen LogP contribution in [-0.2, 0) is 17.4 Å². The number of rotatable bonds is 1. The first-order valence-corrected chi connectivity index (χ1v) is 8.40. The van der Waals surface area contributed by atoms with Crippen LogP contribution < -0.4 is 0 Å². The summed E-state index contributed by atoms with van der Waals surface area (Å²) in [5.74, 6) is -0.156. The van der Waals surface area contributed by atoms with E-state index >= 15 is 0 Å². The molecule has 1 amide bonds. The van der Waals surface area contributed by atoms with Crippen LogP contribution in [-0.4, -0.2) is 22.3 Å². The van der Waals surface area contributed by atoms with Gasteiger partial charge in [-0.3, -0.25) is 4.79 Å². The molecule has 0 radical (unpaired) electrons. The second-order valence-electron chi connectivity index (χ2n) is 6.55. The van der Waals surface area contributed by atoms with Crippen LogP contribution in [0.3, 0.4) is 0 Å². The number of halogens is 3. The molecule has 6 heteroatoms. The van der Waals surface area contributed by atoms with E-state index in [0.717, 1.165) is 34.3 Å². The smallest absolute Gasteiger partial charge is 0.356 e. The van der Waals surface area contributed by atoms with E-state index < -0.39 is 17.8 Å². The molecule has 0 bridgehead atoms. The monoisotopic (exact) mass is 358 g/mol. The highest BCUT2D eigenvalue weighted by molar-refractivity contribution is 5.86. The van der Waals surface area contributed by atoms with E-state index in [0.29, 0.717) is 18.5 Å². The summed E-state index contributed by atoms with van der Waals surface area (Å²) < 4.78 is 39.5. The Morgan fingerprint density at radius 3 is 2.65 bits per heavy atom. The van der Waals surface area contributed by atoms with Gasteiger partial charge in [0.25, 0.3) is 0 Å². The van der Waals surface area contributed by atoms with Gasteiger partial charge in [-0.05, 0) is 35.7 Å². The van der Waals surface area contributed by atoms with Gasteiger partial charge in [0, 0.05) is 30.1 Å². The zero-order chi connectivity index (χ0) is 18.5. The summed E-state index contributed by atoms with van der Waals surface area (Å²) in [5.41, 5.74) is 2.55. The largest absolute Gasteiger partial charge is 0.416 e. The lowest BCUT2D eigenvalue weighted by molar-refractivity contribution is -0.137. The molecule has 0 spiro atoms. The fraction of sp³-hybridized carbons (Fsp3) is 0.250. The van der Waals surface area contributed by atoms with Gasteiger partial charge < -0.3 is 9.88 Å². The predicted molar refractivity (Wildman–Crippen MR) is 92.7 cm³/mol. The van der Waals surface area contributed by atoms with Gasteiger partial charge in [0.15, 0.2) is 0 Å². The standard InChI is InChI=1S/C20H17F3N2O/c1-12(26)25-10-9-16-15-7-2-3-8-17(15)24-18(16)19(25)13-5-4-6-14(11-13)20(21,22)23/h2-8,11,19,24H,9-10H2,1H3. The lowest BCUT2D eigenvalue weighted by Crippen LogP contribution is -2.39. The topological polar surface area (TPSA) is 36.1 Å². The number of carbonyl (C=O) groups excluding carboxylic acids is 1. The number of benzene rings is 2. The highest BCUT2D eigenvalue weighted by Gasteiger charge is 2.35. The number of aromatic nitrogens is 1. The van der Waals surface area contributed by atoms with Crippen LogP contribution in [0.25, 0.3) is 10.9 Å². The molecule has 1 atom stereocenters. The first-order chi connectivity index (χ1) is 12.4. The molecule has 1 N–H and O–H groups in total. The highest BCUT2D eigenvalue weighted by Crippen LogP contribution is 2.40. The number of amides is 1. The minimum Gasteiger partial charge on any atom is -0.356 e. The molecule has 2 aromatic carbocycles. The number of hydrogen-bond donors (Lipinski definition) is 1. The number of aromatic amines is 1. The van der Waals surface area contributed by atoms with Gasteiger partial charge in [-0.1, -0.05) is 30.3 Å². The number of H-pyrrole nitrogens is 1. The quantitative estimate of drug-likeness (QED) is 0.674. The van der Waals surface area contributed by atoms with E-state index in [-0.39, 0.29) is 5.91 Å². The molecular formula is C20H17F3N2O. The Bertz CT molecular complexity index is 990. The average Bonchev–Trinajstić information content (AvgIpc) is 2.98. The first kappa shape index (κ1) is 16.7. The number of nitrogens with zero attached hydrogens (tertiary/aromatic N) is 1. The van der Waals surface area contributed by atoms with Gasteiger partial charge in [0.1, 0.15) is 0 Å². The van der Waals surface area contributed by atoms with Gasteiger partial charge in [-0.15, -0.1) is 0 Å². The van der Waals surface area contributed by atoms with Crippen LogP contribution in [0.1, 0.15) is 35.3 Å². The summed E-state index contributed by atoms with van der Waals surface area (Å²) in [7, 11) is 0. The molecule has 0 fully saturated rings. The lowest BCUT2D eigenvalue weighted by atomic mass is 9.91. The van der Waals surface area contributed by atoms with Gasteiger partial charge >= 0.3 is 6.18 Å². The molecule has 0 aliphatic carbocycles. The minimum absolute atomic E-state index is 0.156. The van der Waals surface area contributed by atoms with E-state index in [4.69, 9.17) is 0 Å². The van der Waals surface area contributed by atoms with Crippen molar-refractivity contribution in [3.05, 3.63) is 70.9 Å². The van der Waals surface area contributed by atoms with Crippen molar-refractivity contribution in [1.29, 1.82) is 0 Å². The van der Waals surface area contributed by atoms with E-state index in [2.05, 4.69) is 4.98 Å². The number of fused-ring (bicyclic) bond motifs is 3. The Labute approximate surface area is 148 Å². The number of alkyl halides is 3. The fourth-order valence-corrected chi connectivity index (χ4v) is 3.81. The van der Waals surface area contributed by atoms with Gasteiger partial charge in [-0.25, -0.2) is 0 Å². The molecule has 1 aliphatic rings. The Morgan fingerprint density at radius 1 is 1.15 bits per heavy atom. The fourth-order valence-electron chi connectivity index (χ4n) is 3.81. The molecule has 3 aromatic rings. The normalized spacial score (nSPS) is 17.4.